The third-order valence-corrected chi connectivity index (χ3v) is 2.64. The standard InChI is InChI=1S/C14H15N3O3/c1-19-11-5-3-4-10(6-11)7-16-13-9-15-8-12(17-13)14(18)20-2/h3-6,8-9H,7H2,1-2H3,(H,16,17). The van der Waals surface area contributed by atoms with Gasteiger partial charge in [-0.25, -0.2) is 9.78 Å². The van der Waals surface area contributed by atoms with Crippen LogP contribution in [0.15, 0.2) is 36.7 Å². The third kappa shape index (κ3) is 3.44. The lowest BCUT2D eigenvalue weighted by Crippen LogP contribution is -2.08. The fourth-order valence-electron chi connectivity index (χ4n) is 1.63. The summed E-state index contributed by atoms with van der Waals surface area (Å²) in [7, 11) is 2.93. The summed E-state index contributed by atoms with van der Waals surface area (Å²) in [5.41, 5.74) is 1.21. The van der Waals surface area contributed by atoms with Gasteiger partial charge in [0.05, 0.1) is 26.6 Å². The molecule has 0 bridgehead atoms. The normalized spacial score (nSPS) is 9.90. The first-order valence-corrected chi connectivity index (χ1v) is 6.00. The van der Waals surface area contributed by atoms with Crippen LogP contribution in [0.3, 0.4) is 0 Å². The number of ether oxygens (including phenoxy) is 2. The van der Waals surface area contributed by atoms with Gasteiger partial charge in [-0.1, -0.05) is 12.1 Å². The molecule has 1 aromatic carbocycles. The summed E-state index contributed by atoms with van der Waals surface area (Å²) in [5.74, 6) is 0.789. The summed E-state index contributed by atoms with van der Waals surface area (Å²) in [5, 5.41) is 3.09. The number of rotatable bonds is 5. The van der Waals surface area contributed by atoms with Crippen molar-refractivity contribution in [2.24, 2.45) is 0 Å². The average molecular weight is 273 g/mol. The van der Waals surface area contributed by atoms with Crippen molar-refractivity contribution < 1.29 is 14.3 Å². The number of esters is 1. The lowest BCUT2D eigenvalue weighted by Gasteiger charge is -2.07. The molecule has 0 aliphatic heterocycles. The number of methoxy groups -OCH3 is 2. The number of benzene rings is 1. The first-order valence-electron chi connectivity index (χ1n) is 6.00. The second kappa shape index (κ2) is 6.51. The van der Waals surface area contributed by atoms with Crippen LogP contribution >= 0.6 is 0 Å². The molecule has 2 rings (SSSR count). The van der Waals surface area contributed by atoms with E-state index >= 15 is 0 Å². The van der Waals surface area contributed by atoms with Gasteiger partial charge in [0.1, 0.15) is 11.6 Å². The van der Waals surface area contributed by atoms with Crippen LogP contribution in [0.2, 0.25) is 0 Å². The van der Waals surface area contributed by atoms with Crippen LogP contribution in [-0.4, -0.2) is 30.2 Å². The van der Waals surface area contributed by atoms with Gasteiger partial charge in [-0.3, -0.25) is 4.98 Å². The van der Waals surface area contributed by atoms with Crippen molar-refractivity contribution in [3.8, 4) is 5.75 Å². The molecule has 0 spiro atoms. The molecule has 0 saturated carbocycles. The Morgan fingerprint density at radius 2 is 2.15 bits per heavy atom. The minimum Gasteiger partial charge on any atom is -0.497 e. The van der Waals surface area contributed by atoms with E-state index in [2.05, 4.69) is 20.0 Å². The molecule has 1 aromatic heterocycles. The zero-order chi connectivity index (χ0) is 14.4. The van der Waals surface area contributed by atoms with Gasteiger partial charge in [-0.05, 0) is 17.7 Å². The Kier molecular flexibility index (Phi) is 4.49. The molecular weight excluding hydrogens is 258 g/mol. The van der Waals surface area contributed by atoms with Gasteiger partial charge in [-0.2, -0.15) is 0 Å². The monoisotopic (exact) mass is 273 g/mol. The smallest absolute Gasteiger partial charge is 0.358 e. The van der Waals surface area contributed by atoms with Gasteiger partial charge in [0.2, 0.25) is 0 Å². The van der Waals surface area contributed by atoms with Crippen molar-refractivity contribution in [1.82, 2.24) is 9.97 Å². The zero-order valence-corrected chi connectivity index (χ0v) is 11.3. The predicted octanol–water partition coefficient (Wildman–Crippen LogP) is 1.88. The lowest BCUT2D eigenvalue weighted by atomic mass is 10.2. The molecule has 6 heteroatoms. The summed E-state index contributed by atoms with van der Waals surface area (Å²) < 4.78 is 9.75. The number of anilines is 1. The molecule has 0 unspecified atom stereocenters. The van der Waals surface area contributed by atoms with Crippen LogP contribution in [0, 0.1) is 0 Å². The second-order valence-corrected chi connectivity index (χ2v) is 3.99. The van der Waals surface area contributed by atoms with E-state index < -0.39 is 5.97 Å². The third-order valence-electron chi connectivity index (χ3n) is 2.64. The van der Waals surface area contributed by atoms with E-state index in [-0.39, 0.29) is 5.69 Å². The van der Waals surface area contributed by atoms with Gasteiger partial charge in [0, 0.05) is 6.54 Å². The van der Waals surface area contributed by atoms with E-state index in [0.717, 1.165) is 11.3 Å². The molecule has 1 heterocycles. The second-order valence-electron chi connectivity index (χ2n) is 3.99. The van der Waals surface area contributed by atoms with E-state index in [1.807, 2.05) is 24.3 Å². The summed E-state index contributed by atoms with van der Waals surface area (Å²) in [6.45, 7) is 0.552. The molecule has 104 valence electrons. The Labute approximate surface area is 116 Å². The first kappa shape index (κ1) is 13.8. The Balaban J connectivity index is 2.05. The highest BCUT2D eigenvalue weighted by atomic mass is 16.5. The molecular formula is C14H15N3O3. The molecule has 0 radical (unpaired) electrons. The van der Waals surface area contributed by atoms with Crippen LogP contribution in [0.5, 0.6) is 5.75 Å². The van der Waals surface area contributed by atoms with Crippen molar-refractivity contribution >= 4 is 11.8 Å². The molecule has 0 aliphatic carbocycles. The molecule has 1 N–H and O–H groups in total. The molecule has 0 aliphatic rings. The van der Waals surface area contributed by atoms with Crippen LogP contribution in [-0.2, 0) is 11.3 Å². The van der Waals surface area contributed by atoms with Gasteiger partial charge < -0.3 is 14.8 Å². The Morgan fingerprint density at radius 3 is 2.90 bits per heavy atom. The zero-order valence-electron chi connectivity index (χ0n) is 11.3. The molecule has 20 heavy (non-hydrogen) atoms. The largest absolute Gasteiger partial charge is 0.497 e. The van der Waals surface area contributed by atoms with E-state index in [9.17, 15) is 4.79 Å². The number of nitrogens with one attached hydrogen (secondary N) is 1. The molecule has 2 aromatic rings. The number of nitrogens with zero attached hydrogens (tertiary/aromatic N) is 2. The number of carbonyl (C=O) groups is 1. The fraction of sp³-hybridized carbons (Fsp3) is 0.214. The Bertz CT molecular complexity index is 602. The molecule has 6 nitrogen and oxygen atoms in total. The van der Waals surface area contributed by atoms with Crippen molar-refractivity contribution in [2.75, 3.05) is 19.5 Å². The molecule has 0 saturated heterocycles. The van der Waals surface area contributed by atoms with Crippen molar-refractivity contribution in [3.05, 3.63) is 47.9 Å². The molecule has 0 fully saturated rings. The van der Waals surface area contributed by atoms with Crippen molar-refractivity contribution in [3.63, 3.8) is 0 Å². The minimum atomic E-state index is -0.512. The summed E-state index contributed by atoms with van der Waals surface area (Å²) in [6.07, 6.45) is 2.91. The topological polar surface area (TPSA) is 73.3 Å². The summed E-state index contributed by atoms with van der Waals surface area (Å²) >= 11 is 0. The maximum atomic E-state index is 11.4. The highest BCUT2D eigenvalue weighted by molar-refractivity contribution is 5.87. The number of carbonyl (C=O) groups excluding carboxylic acids is 1. The molecule has 0 atom stereocenters. The fourth-order valence-corrected chi connectivity index (χ4v) is 1.63. The highest BCUT2D eigenvalue weighted by Gasteiger charge is 2.08. The Hall–Kier alpha value is -2.63. The summed E-state index contributed by atoms with van der Waals surface area (Å²) in [4.78, 5) is 19.4. The van der Waals surface area contributed by atoms with Crippen molar-refractivity contribution in [2.45, 2.75) is 6.54 Å². The Morgan fingerprint density at radius 1 is 1.30 bits per heavy atom. The number of hydrogen-bond donors (Lipinski definition) is 1. The predicted molar refractivity (Wildman–Crippen MR) is 73.7 cm³/mol. The summed E-state index contributed by atoms with van der Waals surface area (Å²) in [6, 6.07) is 7.67. The minimum absolute atomic E-state index is 0.170. The maximum Gasteiger partial charge on any atom is 0.358 e. The van der Waals surface area contributed by atoms with Crippen LogP contribution in [0.1, 0.15) is 16.1 Å². The van der Waals surface area contributed by atoms with Gasteiger partial charge in [-0.15, -0.1) is 0 Å². The first-order chi connectivity index (χ1) is 9.72. The number of aromatic nitrogens is 2. The van der Waals surface area contributed by atoms with Crippen LogP contribution in [0.4, 0.5) is 5.82 Å². The average Bonchev–Trinajstić information content (AvgIpc) is 2.52. The SMILES string of the molecule is COC(=O)c1cncc(NCc2cccc(OC)c2)n1. The molecule has 0 amide bonds. The van der Waals surface area contributed by atoms with E-state index in [4.69, 9.17) is 4.74 Å². The highest BCUT2D eigenvalue weighted by Crippen LogP contribution is 2.13. The quantitative estimate of drug-likeness (QED) is 0.838. The van der Waals surface area contributed by atoms with E-state index in [1.165, 1.54) is 13.3 Å². The van der Waals surface area contributed by atoms with E-state index in [0.29, 0.717) is 12.4 Å². The van der Waals surface area contributed by atoms with Crippen LogP contribution < -0.4 is 10.1 Å². The number of hydrogen-bond acceptors (Lipinski definition) is 6. The van der Waals surface area contributed by atoms with Gasteiger partial charge >= 0.3 is 5.97 Å². The van der Waals surface area contributed by atoms with Gasteiger partial charge in [0.25, 0.3) is 0 Å². The van der Waals surface area contributed by atoms with Crippen LogP contribution in [0.25, 0.3) is 0 Å². The van der Waals surface area contributed by atoms with Gasteiger partial charge in [0.15, 0.2) is 5.69 Å². The van der Waals surface area contributed by atoms with E-state index in [1.54, 1.807) is 13.3 Å². The van der Waals surface area contributed by atoms with Crippen molar-refractivity contribution in [1.29, 1.82) is 0 Å². The lowest BCUT2D eigenvalue weighted by molar-refractivity contribution is 0.0593. The maximum absolute atomic E-state index is 11.4.